The summed E-state index contributed by atoms with van der Waals surface area (Å²) in [5.74, 6) is -1.23. The van der Waals surface area contributed by atoms with Gasteiger partial charge >= 0.3 is 12.1 Å². The van der Waals surface area contributed by atoms with E-state index in [0.717, 1.165) is 5.56 Å². The molecule has 0 bridgehead atoms. The number of rotatable bonds is 10. The van der Waals surface area contributed by atoms with Crippen molar-refractivity contribution in [1.82, 2.24) is 15.5 Å². The second-order valence-electron chi connectivity index (χ2n) is 11.5. The van der Waals surface area contributed by atoms with Gasteiger partial charge in [-0.25, -0.2) is 4.79 Å². The summed E-state index contributed by atoms with van der Waals surface area (Å²) >= 11 is 0. The van der Waals surface area contributed by atoms with Crippen molar-refractivity contribution >= 4 is 23.9 Å². The predicted molar refractivity (Wildman–Crippen MR) is 140 cm³/mol. The molecule has 2 N–H and O–H groups in total. The average Bonchev–Trinajstić information content (AvgIpc) is 3.11. The third-order valence-electron chi connectivity index (χ3n) is 6.03. The van der Waals surface area contributed by atoms with Crippen molar-refractivity contribution in [1.29, 1.82) is 0 Å². The molecule has 3 amide bonds. The van der Waals surface area contributed by atoms with E-state index in [1.165, 1.54) is 4.90 Å². The third-order valence-corrected chi connectivity index (χ3v) is 6.03. The quantitative estimate of drug-likeness (QED) is 0.454. The largest absolute Gasteiger partial charge is 0.459 e. The van der Waals surface area contributed by atoms with Crippen LogP contribution in [0.2, 0.25) is 0 Å². The van der Waals surface area contributed by atoms with E-state index in [9.17, 15) is 19.2 Å². The number of amides is 3. The minimum absolute atomic E-state index is 0.0641. The van der Waals surface area contributed by atoms with Crippen molar-refractivity contribution in [2.45, 2.75) is 105 Å². The molecule has 9 nitrogen and oxygen atoms in total. The number of hydrogen-bond donors (Lipinski definition) is 2. The Balaban J connectivity index is 2.15. The summed E-state index contributed by atoms with van der Waals surface area (Å²) in [4.78, 5) is 53.1. The molecular weight excluding hydrogens is 474 g/mol. The zero-order chi connectivity index (χ0) is 27.9. The Morgan fingerprint density at radius 2 is 1.68 bits per heavy atom. The Bertz CT molecular complexity index is 941. The molecule has 1 aromatic rings. The normalized spacial score (nSPS) is 19.6. The van der Waals surface area contributed by atoms with Crippen LogP contribution in [0.4, 0.5) is 4.79 Å². The minimum Gasteiger partial charge on any atom is -0.459 e. The highest BCUT2D eigenvalue weighted by atomic mass is 16.6. The SMILES string of the molecule is CC(C)C[C@H](NC(=O)OCc1ccccc1)C(=O)N1C(=O)C[C@H](N[C@@H](C)C(=O)OC(C)(C)C)[C@@H]1C(C)C. The van der Waals surface area contributed by atoms with Crippen LogP contribution >= 0.6 is 0 Å². The van der Waals surface area contributed by atoms with Crippen LogP contribution in [0, 0.1) is 11.8 Å². The van der Waals surface area contributed by atoms with Crippen molar-refractivity contribution in [3.8, 4) is 0 Å². The first-order valence-corrected chi connectivity index (χ1v) is 13.0. The molecule has 206 valence electrons. The molecule has 0 unspecified atom stereocenters. The number of carbonyl (C=O) groups excluding carboxylic acids is 4. The summed E-state index contributed by atoms with van der Waals surface area (Å²) in [7, 11) is 0. The highest BCUT2D eigenvalue weighted by Crippen LogP contribution is 2.28. The van der Waals surface area contributed by atoms with Crippen LogP contribution in [0.1, 0.15) is 73.8 Å². The van der Waals surface area contributed by atoms with E-state index in [1.54, 1.807) is 27.7 Å². The number of carbonyl (C=O) groups is 4. The predicted octanol–water partition coefficient (Wildman–Crippen LogP) is 3.80. The highest BCUT2D eigenvalue weighted by molar-refractivity contribution is 6.01. The van der Waals surface area contributed by atoms with Crippen LogP contribution in [0.25, 0.3) is 0 Å². The van der Waals surface area contributed by atoms with Crippen molar-refractivity contribution in [2.75, 3.05) is 0 Å². The molecule has 1 saturated heterocycles. The number of likely N-dealkylation sites (tertiary alicyclic amines) is 1. The second-order valence-corrected chi connectivity index (χ2v) is 11.5. The number of nitrogens with zero attached hydrogens (tertiary/aromatic N) is 1. The van der Waals surface area contributed by atoms with Gasteiger partial charge in [0.1, 0.15) is 24.3 Å². The number of hydrogen-bond acceptors (Lipinski definition) is 7. The molecule has 4 atom stereocenters. The van der Waals surface area contributed by atoms with Crippen LogP contribution in [0.5, 0.6) is 0 Å². The van der Waals surface area contributed by atoms with E-state index in [0.29, 0.717) is 6.42 Å². The fourth-order valence-corrected chi connectivity index (χ4v) is 4.49. The zero-order valence-electron chi connectivity index (χ0n) is 23.4. The van der Waals surface area contributed by atoms with Crippen LogP contribution in [-0.4, -0.2) is 58.5 Å². The maximum atomic E-state index is 13.7. The highest BCUT2D eigenvalue weighted by Gasteiger charge is 2.47. The monoisotopic (exact) mass is 517 g/mol. The Morgan fingerprint density at radius 1 is 1.05 bits per heavy atom. The number of alkyl carbamates (subject to hydrolysis) is 1. The van der Waals surface area contributed by atoms with Crippen LogP contribution in [0.15, 0.2) is 30.3 Å². The van der Waals surface area contributed by atoms with Gasteiger partial charge in [0.25, 0.3) is 5.91 Å². The van der Waals surface area contributed by atoms with E-state index in [4.69, 9.17) is 9.47 Å². The van der Waals surface area contributed by atoms with E-state index < -0.39 is 47.7 Å². The molecule has 2 rings (SSSR count). The molecule has 0 aliphatic carbocycles. The van der Waals surface area contributed by atoms with E-state index >= 15 is 0 Å². The van der Waals surface area contributed by atoms with Gasteiger partial charge in [0.05, 0.1) is 6.04 Å². The smallest absolute Gasteiger partial charge is 0.408 e. The molecule has 1 aliphatic heterocycles. The first-order chi connectivity index (χ1) is 17.2. The van der Waals surface area contributed by atoms with Crippen molar-refractivity contribution in [2.24, 2.45) is 11.8 Å². The van der Waals surface area contributed by atoms with Crippen molar-refractivity contribution < 1.29 is 28.7 Å². The Morgan fingerprint density at radius 3 is 2.22 bits per heavy atom. The molecule has 0 radical (unpaired) electrons. The molecule has 1 aliphatic rings. The fraction of sp³-hybridized carbons (Fsp3) is 0.643. The van der Waals surface area contributed by atoms with Gasteiger partial charge in [-0.15, -0.1) is 0 Å². The van der Waals surface area contributed by atoms with E-state index in [1.807, 2.05) is 58.0 Å². The Kier molecular flexibility index (Phi) is 10.7. The molecule has 0 aromatic heterocycles. The molecule has 1 aromatic carbocycles. The molecule has 0 saturated carbocycles. The van der Waals surface area contributed by atoms with Crippen LogP contribution < -0.4 is 10.6 Å². The minimum atomic E-state index is -0.921. The Hall–Kier alpha value is -2.94. The summed E-state index contributed by atoms with van der Waals surface area (Å²) in [5.41, 5.74) is 0.190. The summed E-state index contributed by atoms with van der Waals surface area (Å²) in [6, 6.07) is 6.75. The maximum Gasteiger partial charge on any atom is 0.408 e. The molecular formula is C28H43N3O6. The summed E-state index contributed by atoms with van der Waals surface area (Å²) in [6.45, 7) is 14.9. The van der Waals surface area contributed by atoms with Gasteiger partial charge in [0, 0.05) is 12.5 Å². The molecule has 1 heterocycles. The van der Waals surface area contributed by atoms with Crippen molar-refractivity contribution in [3.05, 3.63) is 35.9 Å². The van der Waals surface area contributed by atoms with E-state index in [2.05, 4.69) is 10.6 Å². The van der Waals surface area contributed by atoms with Gasteiger partial charge < -0.3 is 14.8 Å². The molecule has 9 heteroatoms. The number of benzene rings is 1. The number of nitrogens with one attached hydrogen (secondary N) is 2. The topological polar surface area (TPSA) is 114 Å². The lowest BCUT2D eigenvalue weighted by Crippen LogP contribution is -2.56. The fourth-order valence-electron chi connectivity index (χ4n) is 4.49. The first-order valence-electron chi connectivity index (χ1n) is 13.0. The van der Waals surface area contributed by atoms with Crippen LogP contribution in [0.3, 0.4) is 0 Å². The van der Waals surface area contributed by atoms with Gasteiger partial charge in [-0.2, -0.15) is 0 Å². The molecule has 37 heavy (non-hydrogen) atoms. The van der Waals surface area contributed by atoms with Crippen LogP contribution in [-0.2, 0) is 30.5 Å². The summed E-state index contributed by atoms with van der Waals surface area (Å²) in [5, 5.41) is 5.88. The number of imide groups is 1. The number of esters is 1. The number of ether oxygens (including phenoxy) is 2. The zero-order valence-corrected chi connectivity index (χ0v) is 23.4. The lowest BCUT2D eigenvalue weighted by atomic mass is 9.95. The molecule has 1 fully saturated rings. The molecule has 0 spiro atoms. The van der Waals surface area contributed by atoms with Gasteiger partial charge in [0.2, 0.25) is 5.91 Å². The van der Waals surface area contributed by atoms with Gasteiger partial charge in [-0.1, -0.05) is 58.0 Å². The Labute approximate surface area is 220 Å². The lowest BCUT2D eigenvalue weighted by molar-refractivity contribution is -0.157. The average molecular weight is 518 g/mol. The first kappa shape index (κ1) is 30.3. The van der Waals surface area contributed by atoms with Crippen molar-refractivity contribution in [3.63, 3.8) is 0 Å². The maximum absolute atomic E-state index is 13.7. The standard InChI is InChI=1S/C28H43N3O6/c1-17(2)14-22(30-27(35)36-16-20-12-10-9-11-13-20)25(33)31-23(32)15-21(24(31)18(3)4)29-19(5)26(34)37-28(6,7)8/h9-13,17-19,21-22,24,29H,14-16H2,1-8H3,(H,30,35)/t19-,21-,22-,24-/m0/s1. The van der Waals surface area contributed by atoms with Gasteiger partial charge in [-0.3, -0.25) is 24.6 Å². The van der Waals surface area contributed by atoms with Gasteiger partial charge in [-0.05, 0) is 51.5 Å². The summed E-state index contributed by atoms with van der Waals surface area (Å²) in [6.07, 6.45) is -0.307. The third kappa shape index (κ3) is 9.14. The summed E-state index contributed by atoms with van der Waals surface area (Å²) < 4.78 is 10.8. The van der Waals surface area contributed by atoms with Gasteiger partial charge in [0.15, 0.2) is 0 Å². The van der Waals surface area contributed by atoms with E-state index in [-0.39, 0.29) is 30.8 Å². The lowest BCUT2D eigenvalue weighted by Gasteiger charge is -2.34. The second kappa shape index (κ2) is 13.0.